The van der Waals surface area contributed by atoms with Crippen LogP contribution in [0.15, 0.2) is 182 Å². The molecule has 0 bridgehead atoms. The number of carbonyl (C=O) groups is 2. The van der Waals surface area contributed by atoms with E-state index in [9.17, 15) is 9.59 Å². The normalized spacial score (nSPS) is 11.9. The molecule has 6 heteroatoms. The Kier molecular flexibility index (Phi) is 12.9. The molecule has 0 spiro atoms. The van der Waals surface area contributed by atoms with Gasteiger partial charge in [-0.05, 0) is 72.5 Å². The molecule has 6 aromatic carbocycles. The van der Waals surface area contributed by atoms with Gasteiger partial charge in [-0.3, -0.25) is 9.59 Å². The van der Waals surface area contributed by atoms with E-state index in [-0.39, 0.29) is 13.2 Å². The average molecular weight is 689 g/mol. The molecule has 0 N–H and O–H groups in total. The molecular weight excluding hydrogens is 645 g/mol. The third-order valence-corrected chi connectivity index (χ3v) is 8.97. The second-order valence-corrected chi connectivity index (χ2v) is 12.5. The SMILES string of the molecule is O=C(OCCCN(c1ccccc1)c1ccccc1)C(c1ccccc1)C(C(=O)OCCCN(c1ccccc1)c1ccccc1)c1ccccc1. The van der Waals surface area contributed by atoms with Crippen LogP contribution in [-0.4, -0.2) is 38.2 Å². The summed E-state index contributed by atoms with van der Waals surface area (Å²) in [4.78, 5) is 32.7. The number of esters is 2. The van der Waals surface area contributed by atoms with Crippen molar-refractivity contribution in [1.29, 1.82) is 0 Å². The van der Waals surface area contributed by atoms with E-state index >= 15 is 0 Å². The Morgan fingerprint density at radius 2 is 0.635 bits per heavy atom. The molecule has 2 atom stereocenters. The maximum absolute atomic E-state index is 14.1. The maximum atomic E-state index is 14.1. The fourth-order valence-electron chi connectivity index (χ4n) is 6.47. The molecule has 0 heterocycles. The third-order valence-electron chi connectivity index (χ3n) is 8.97. The minimum absolute atomic E-state index is 0.198. The van der Waals surface area contributed by atoms with Crippen molar-refractivity contribution in [1.82, 2.24) is 0 Å². The van der Waals surface area contributed by atoms with Crippen LogP contribution < -0.4 is 9.80 Å². The number of hydrogen-bond donors (Lipinski definition) is 0. The molecule has 2 unspecified atom stereocenters. The first-order valence-corrected chi connectivity index (χ1v) is 17.9. The first-order chi connectivity index (χ1) is 25.7. The lowest BCUT2D eigenvalue weighted by molar-refractivity contribution is -0.154. The molecule has 0 aromatic heterocycles. The quantitative estimate of drug-likeness (QED) is 0.0702. The van der Waals surface area contributed by atoms with Crippen molar-refractivity contribution in [2.24, 2.45) is 0 Å². The van der Waals surface area contributed by atoms with Crippen molar-refractivity contribution in [3.05, 3.63) is 193 Å². The van der Waals surface area contributed by atoms with Crippen LogP contribution in [0.5, 0.6) is 0 Å². The van der Waals surface area contributed by atoms with E-state index < -0.39 is 23.8 Å². The minimum Gasteiger partial charge on any atom is -0.465 e. The largest absolute Gasteiger partial charge is 0.465 e. The van der Waals surface area contributed by atoms with Gasteiger partial charge >= 0.3 is 11.9 Å². The summed E-state index contributed by atoms with van der Waals surface area (Å²) in [5.41, 5.74) is 5.64. The topological polar surface area (TPSA) is 59.1 Å². The Hall–Kier alpha value is -6.14. The van der Waals surface area contributed by atoms with Crippen LogP contribution in [0.25, 0.3) is 0 Å². The Morgan fingerprint density at radius 1 is 0.385 bits per heavy atom. The van der Waals surface area contributed by atoms with Crippen LogP contribution in [-0.2, 0) is 19.1 Å². The summed E-state index contributed by atoms with van der Waals surface area (Å²) < 4.78 is 12.0. The molecule has 0 aliphatic rings. The van der Waals surface area contributed by atoms with E-state index in [1.165, 1.54) is 0 Å². The van der Waals surface area contributed by atoms with Gasteiger partial charge in [-0.25, -0.2) is 0 Å². The van der Waals surface area contributed by atoms with Crippen LogP contribution in [0.1, 0.15) is 35.8 Å². The second kappa shape index (κ2) is 18.7. The van der Waals surface area contributed by atoms with Crippen molar-refractivity contribution in [3.8, 4) is 0 Å². The maximum Gasteiger partial charge on any atom is 0.314 e. The molecule has 6 aromatic rings. The number of ether oxygens (including phenoxy) is 2. The lowest BCUT2D eigenvalue weighted by Gasteiger charge is -2.27. The number of hydrogen-bond acceptors (Lipinski definition) is 6. The summed E-state index contributed by atoms with van der Waals surface area (Å²) in [5.74, 6) is -2.69. The van der Waals surface area contributed by atoms with Crippen LogP contribution >= 0.6 is 0 Å². The molecule has 0 radical (unpaired) electrons. The van der Waals surface area contributed by atoms with Gasteiger partial charge < -0.3 is 19.3 Å². The van der Waals surface area contributed by atoms with Crippen molar-refractivity contribution in [3.63, 3.8) is 0 Å². The van der Waals surface area contributed by atoms with Gasteiger partial charge in [-0.2, -0.15) is 0 Å². The van der Waals surface area contributed by atoms with Gasteiger partial charge in [-0.1, -0.05) is 133 Å². The number of benzene rings is 6. The summed E-state index contributed by atoms with van der Waals surface area (Å²) in [6.07, 6.45) is 1.19. The monoisotopic (exact) mass is 688 g/mol. The molecule has 52 heavy (non-hydrogen) atoms. The molecular formula is C46H44N2O4. The minimum atomic E-state index is -0.888. The standard InChI is InChI=1S/C46H44N2O4/c49-45(51-35-19-33-47(39-25-11-3-12-26-39)40-27-13-4-14-28-40)43(37-21-7-1-8-22-37)44(38-23-9-2-10-24-38)46(50)52-36-20-34-48(41-29-15-5-16-30-41)42-31-17-6-18-32-42/h1-18,21-32,43-44H,19-20,33-36H2. The summed E-state index contributed by atoms with van der Waals surface area (Å²) in [5, 5.41) is 0. The molecule has 0 aliphatic carbocycles. The van der Waals surface area contributed by atoms with Gasteiger partial charge in [0.2, 0.25) is 0 Å². The summed E-state index contributed by atoms with van der Waals surface area (Å²) in [6.45, 7) is 1.68. The van der Waals surface area contributed by atoms with E-state index in [1.54, 1.807) is 0 Å². The zero-order valence-corrected chi connectivity index (χ0v) is 29.2. The highest BCUT2D eigenvalue weighted by molar-refractivity contribution is 5.90. The molecule has 0 saturated carbocycles. The van der Waals surface area contributed by atoms with Crippen molar-refractivity contribution in [2.75, 3.05) is 36.1 Å². The number of carbonyl (C=O) groups excluding carboxylic acids is 2. The number of para-hydroxylation sites is 4. The van der Waals surface area contributed by atoms with E-state index in [2.05, 4.69) is 58.3 Å². The Balaban J connectivity index is 1.16. The Bertz CT molecular complexity index is 1700. The lowest BCUT2D eigenvalue weighted by atomic mass is 9.81. The van der Waals surface area contributed by atoms with E-state index in [1.807, 2.05) is 133 Å². The lowest BCUT2D eigenvalue weighted by Crippen LogP contribution is -2.30. The summed E-state index contributed by atoms with van der Waals surface area (Å²) in [6, 6.07) is 59.5. The van der Waals surface area contributed by atoms with E-state index in [0.29, 0.717) is 37.1 Å². The fraction of sp³-hybridized carbons (Fsp3) is 0.174. The zero-order chi connectivity index (χ0) is 35.8. The van der Waals surface area contributed by atoms with Crippen molar-refractivity contribution in [2.45, 2.75) is 24.7 Å². The number of nitrogens with zero attached hydrogens (tertiary/aromatic N) is 2. The molecule has 6 rings (SSSR count). The van der Waals surface area contributed by atoms with Gasteiger partial charge in [0.05, 0.1) is 25.0 Å². The molecule has 0 fully saturated rings. The van der Waals surface area contributed by atoms with Gasteiger partial charge in [-0.15, -0.1) is 0 Å². The molecule has 262 valence electrons. The average Bonchev–Trinajstić information content (AvgIpc) is 3.21. The predicted molar refractivity (Wildman–Crippen MR) is 209 cm³/mol. The molecule has 0 amide bonds. The van der Waals surface area contributed by atoms with Crippen molar-refractivity contribution < 1.29 is 19.1 Å². The van der Waals surface area contributed by atoms with Crippen LogP contribution in [0, 0.1) is 0 Å². The third kappa shape index (κ3) is 9.55. The molecule has 6 nitrogen and oxygen atoms in total. The fourth-order valence-corrected chi connectivity index (χ4v) is 6.47. The highest BCUT2D eigenvalue weighted by Gasteiger charge is 2.38. The van der Waals surface area contributed by atoms with E-state index in [0.717, 1.165) is 22.7 Å². The highest BCUT2D eigenvalue weighted by atomic mass is 16.5. The van der Waals surface area contributed by atoms with E-state index in [4.69, 9.17) is 9.47 Å². The Labute approximate surface area is 306 Å². The smallest absolute Gasteiger partial charge is 0.314 e. The molecule has 0 saturated heterocycles. The number of rotatable bonds is 17. The summed E-state index contributed by atoms with van der Waals surface area (Å²) >= 11 is 0. The number of anilines is 4. The predicted octanol–water partition coefficient (Wildman–Crippen LogP) is 10.1. The zero-order valence-electron chi connectivity index (χ0n) is 29.2. The first-order valence-electron chi connectivity index (χ1n) is 17.9. The van der Waals surface area contributed by atoms with Crippen LogP contribution in [0.4, 0.5) is 22.7 Å². The van der Waals surface area contributed by atoms with Gasteiger partial charge in [0.1, 0.15) is 0 Å². The molecule has 0 aliphatic heterocycles. The Morgan fingerprint density at radius 3 is 0.904 bits per heavy atom. The second-order valence-electron chi connectivity index (χ2n) is 12.5. The van der Waals surface area contributed by atoms with Crippen LogP contribution in [0.2, 0.25) is 0 Å². The van der Waals surface area contributed by atoms with Gasteiger partial charge in [0.15, 0.2) is 0 Å². The van der Waals surface area contributed by atoms with Crippen LogP contribution in [0.3, 0.4) is 0 Å². The van der Waals surface area contributed by atoms with Gasteiger partial charge in [0.25, 0.3) is 0 Å². The first kappa shape index (κ1) is 35.7. The summed E-state index contributed by atoms with van der Waals surface area (Å²) in [7, 11) is 0. The van der Waals surface area contributed by atoms with Gasteiger partial charge in [0, 0.05) is 35.8 Å². The highest BCUT2D eigenvalue weighted by Crippen LogP contribution is 2.36. The van der Waals surface area contributed by atoms with Crippen molar-refractivity contribution >= 4 is 34.7 Å².